The number of carbonyl (C=O) groups excluding carboxylic acids is 2. The molecule has 0 atom stereocenters. The summed E-state index contributed by atoms with van der Waals surface area (Å²) >= 11 is 14.3. The second kappa shape index (κ2) is 5.59. The zero-order valence-corrected chi connectivity index (χ0v) is 14.2. The molecule has 3 nitrogen and oxygen atoms in total. The molecule has 0 fully saturated rings. The lowest BCUT2D eigenvalue weighted by molar-refractivity contribution is 0.0642. The maximum absolute atomic E-state index is 12.4. The van der Waals surface area contributed by atoms with Crippen molar-refractivity contribution in [1.82, 2.24) is 4.90 Å². The van der Waals surface area contributed by atoms with Gasteiger partial charge in [0.15, 0.2) is 0 Å². The second-order valence-corrected chi connectivity index (χ2v) is 6.65. The predicted molar refractivity (Wildman–Crippen MR) is 89.8 cm³/mol. The lowest BCUT2D eigenvalue weighted by Crippen LogP contribution is -2.29. The van der Waals surface area contributed by atoms with Gasteiger partial charge in [0.25, 0.3) is 11.8 Å². The summed E-state index contributed by atoms with van der Waals surface area (Å²) in [5.41, 5.74) is 1.42. The number of imide groups is 1. The van der Waals surface area contributed by atoms with Crippen molar-refractivity contribution in [3.63, 3.8) is 0 Å². The minimum absolute atomic E-state index is 0.0709. The van der Waals surface area contributed by atoms with Crippen LogP contribution in [0.1, 0.15) is 26.3 Å². The number of amides is 2. The molecular formula is C15H8Cl2INO2. The summed E-state index contributed by atoms with van der Waals surface area (Å²) in [7, 11) is 0. The molecule has 2 amide bonds. The van der Waals surface area contributed by atoms with Crippen LogP contribution in [0.5, 0.6) is 0 Å². The molecule has 2 aromatic carbocycles. The van der Waals surface area contributed by atoms with Crippen molar-refractivity contribution in [1.29, 1.82) is 0 Å². The minimum Gasteiger partial charge on any atom is -0.270 e. The highest BCUT2D eigenvalue weighted by Gasteiger charge is 2.36. The van der Waals surface area contributed by atoms with E-state index in [-0.39, 0.29) is 18.4 Å². The highest BCUT2D eigenvalue weighted by atomic mass is 127. The highest BCUT2D eigenvalue weighted by Crippen LogP contribution is 2.30. The van der Waals surface area contributed by atoms with Crippen LogP contribution in [0.25, 0.3) is 0 Å². The first-order chi connectivity index (χ1) is 9.99. The molecule has 1 heterocycles. The third-order valence-electron chi connectivity index (χ3n) is 3.31. The number of benzene rings is 2. The van der Waals surface area contributed by atoms with Gasteiger partial charge in [-0.25, -0.2) is 0 Å². The fourth-order valence-electron chi connectivity index (χ4n) is 2.25. The quantitative estimate of drug-likeness (QED) is 0.522. The van der Waals surface area contributed by atoms with Crippen molar-refractivity contribution in [3.05, 3.63) is 66.7 Å². The summed E-state index contributed by atoms with van der Waals surface area (Å²) in [5, 5.41) is 0.877. The van der Waals surface area contributed by atoms with Crippen LogP contribution in [0.15, 0.2) is 36.4 Å². The van der Waals surface area contributed by atoms with E-state index in [1.165, 1.54) is 4.90 Å². The van der Waals surface area contributed by atoms with Gasteiger partial charge in [-0.05, 0) is 52.9 Å². The van der Waals surface area contributed by atoms with Crippen molar-refractivity contribution in [2.75, 3.05) is 0 Å². The Kier molecular flexibility index (Phi) is 3.94. The van der Waals surface area contributed by atoms with E-state index in [0.29, 0.717) is 26.7 Å². The Hall–Kier alpha value is -1.11. The van der Waals surface area contributed by atoms with E-state index in [2.05, 4.69) is 22.6 Å². The van der Waals surface area contributed by atoms with Gasteiger partial charge < -0.3 is 0 Å². The average Bonchev–Trinajstić information content (AvgIpc) is 2.67. The molecule has 1 aliphatic heterocycles. The van der Waals surface area contributed by atoms with Crippen LogP contribution in [-0.4, -0.2) is 16.7 Å². The topological polar surface area (TPSA) is 37.4 Å². The van der Waals surface area contributed by atoms with Crippen LogP contribution in [0.4, 0.5) is 0 Å². The zero-order chi connectivity index (χ0) is 15.1. The van der Waals surface area contributed by atoms with Crippen LogP contribution in [0, 0.1) is 3.57 Å². The number of nitrogens with zero attached hydrogens (tertiary/aromatic N) is 1. The Balaban J connectivity index is 1.99. The molecule has 0 radical (unpaired) electrons. The maximum Gasteiger partial charge on any atom is 0.261 e. The number of rotatable bonds is 2. The van der Waals surface area contributed by atoms with Crippen LogP contribution in [0.2, 0.25) is 10.0 Å². The van der Waals surface area contributed by atoms with Gasteiger partial charge >= 0.3 is 0 Å². The number of hydrogen-bond donors (Lipinski definition) is 0. The largest absolute Gasteiger partial charge is 0.270 e. The van der Waals surface area contributed by atoms with Gasteiger partial charge in [0, 0.05) is 19.2 Å². The number of fused-ring (bicyclic) bond motifs is 1. The third-order valence-corrected chi connectivity index (χ3v) is 4.69. The first kappa shape index (κ1) is 14.8. The molecule has 21 heavy (non-hydrogen) atoms. The lowest BCUT2D eigenvalue weighted by Gasteiger charge is -2.15. The smallest absolute Gasteiger partial charge is 0.261 e. The Bertz CT molecular complexity index is 756. The first-order valence-corrected chi connectivity index (χ1v) is 7.91. The molecular weight excluding hydrogens is 424 g/mol. The van der Waals surface area contributed by atoms with Crippen LogP contribution < -0.4 is 0 Å². The van der Waals surface area contributed by atoms with E-state index < -0.39 is 0 Å². The van der Waals surface area contributed by atoms with Gasteiger partial charge in [-0.3, -0.25) is 14.5 Å². The van der Waals surface area contributed by atoms with Gasteiger partial charge in [0.05, 0.1) is 17.7 Å². The number of carbonyl (C=O) groups is 2. The standard InChI is InChI=1S/C15H8Cl2INO2/c16-12-2-1-3-13(17)11(12)7-19-14(20)9-5-4-8(18)6-10(9)15(19)21/h1-6H,7H2. The first-order valence-electron chi connectivity index (χ1n) is 6.07. The molecule has 2 aromatic rings. The van der Waals surface area contributed by atoms with E-state index >= 15 is 0 Å². The molecule has 0 bridgehead atoms. The molecule has 0 N–H and O–H groups in total. The molecule has 0 unspecified atom stereocenters. The van der Waals surface area contributed by atoms with Crippen LogP contribution in [0.3, 0.4) is 0 Å². The Morgan fingerprint density at radius 2 is 1.57 bits per heavy atom. The van der Waals surface area contributed by atoms with Crippen molar-refractivity contribution >= 4 is 57.6 Å². The van der Waals surface area contributed by atoms with E-state index in [4.69, 9.17) is 23.2 Å². The Morgan fingerprint density at radius 1 is 0.952 bits per heavy atom. The SMILES string of the molecule is O=C1c2ccc(I)cc2C(=O)N1Cc1c(Cl)cccc1Cl. The molecule has 0 saturated carbocycles. The van der Waals surface area contributed by atoms with Crippen molar-refractivity contribution in [2.24, 2.45) is 0 Å². The summed E-state index contributed by atoms with van der Waals surface area (Å²) in [6, 6.07) is 10.3. The van der Waals surface area contributed by atoms with Gasteiger partial charge in [0.2, 0.25) is 0 Å². The molecule has 0 saturated heterocycles. The van der Waals surface area contributed by atoms with Crippen LogP contribution >= 0.6 is 45.8 Å². The van der Waals surface area contributed by atoms with Gasteiger partial charge in [-0.1, -0.05) is 29.3 Å². The summed E-state index contributed by atoms with van der Waals surface area (Å²) in [4.78, 5) is 25.9. The predicted octanol–water partition coefficient (Wildman–Crippen LogP) is 4.39. The molecule has 1 aliphatic rings. The van der Waals surface area contributed by atoms with E-state index in [1.54, 1.807) is 36.4 Å². The molecule has 0 aliphatic carbocycles. The van der Waals surface area contributed by atoms with Gasteiger partial charge in [-0.2, -0.15) is 0 Å². The van der Waals surface area contributed by atoms with E-state index in [1.807, 2.05) is 0 Å². The third kappa shape index (κ3) is 2.56. The molecule has 0 spiro atoms. The summed E-state index contributed by atoms with van der Waals surface area (Å²) in [6.45, 7) is 0.0709. The highest BCUT2D eigenvalue weighted by molar-refractivity contribution is 14.1. The fourth-order valence-corrected chi connectivity index (χ4v) is 3.26. The summed E-state index contributed by atoms with van der Waals surface area (Å²) in [5.74, 6) is -0.633. The van der Waals surface area contributed by atoms with Gasteiger partial charge in [0.1, 0.15) is 0 Å². The Labute approximate surface area is 145 Å². The van der Waals surface area contributed by atoms with E-state index in [0.717, 1.165) is 3.57 Å². The number of hydrogen-bond acceptors (Lipinski definition) is 2. The van der Waals surface area contributed by atoms with Crippen LogP contribution in [-0.2, 0) is 6.54 Å². The zero-order valence-electron chi connectivity index (χ0n) is 10.6. The minimum atomic E-state index is -0.317. The van der Waals surface area contributed by atoms with Crippen molar-refractivity contribution in [3.8, 4) is 0 Å². The molecule has 3 rings (SSSR count). The molecule has 6 heteroatoms. The lowest BCUT2D eigenvalue weighted by atomic mass is 10.1. The maximum atomic E-state index is 12.4. The summed E-state index contributed by atoms with van der Waals surface area (Å²) in [6.07, 6.45) is 0. The summed E-state index contributed by atoms with van der Waals surface area (Å²) < 4.78 is 0.908. The van der Waals surface area contributed by atoms with Crippen molar-refractivity contribution < 1.29 is 9.59 Å². The average molecular weight is 432 g/mol. The second-order valence-electron chi connectivity index (χ2n) is 4.59. The normalized spacial score (nSPS) is 13.8. The number of halogens is 3. The van der Waals surface area contributed by atoms with Gasteiger partial charge in [-0.15, -0.1) is 0 Å². The molecule has 106 valence electrons. The van der Waals surface area contributed by atoms with Crippen molar-refractivity contribution in [2.45, 2.75) is 6.54 Å². The monoisotopic (exact) mass is 431 g/mol. The Morgan fingerprint density at radius 3 is 2.24 bits per heavy atom. The molecule has 0 aromatic heterocycles. The fraction of sp³-hybridized carbons (Fsp3) is 0.0667. The van der Waals surface area contributed by atoms with E-state index in [9.17, 15) is 9.59 Å².